The maximum atomic E-state index is 10.2. The van der Waals surface area contributed by atoms with Crippen LogP contribution in [0.15, 0.2) is 48.5 Å². The van der Waals surface area contributed by atoms with Crippen molar-refractivity contribution in [2.24, 2.45) is 0 Å². The van der Waals surface area contributed by atoms with Crippen LogP contribution < -0.4 is 4.74 Å². The summed E-state index contributed by atoms with van der Waals surface area (Å²) in [6.07, 6.45) is -0.648. The number of nitrogens with zero attached hydrogens (tertiary/aromatic N) is 2. The zero-order chi connectivity index (χ0) is 17.5. The van der Waals surface area contributed by atoms with Crippen molar-refractivity contribution < 1.29 is 14.9 Å². The molecule has 2 atom stereocenters. The average molecular weight is 326 g/mol. The first-order valence-corrected chi connectivity index (χ1v) is 7.80. The van der Waals surface area contributed by atoms with Gasteiger partial charge in [0, 0.05) is 12.6 Å². The van der Waals surface area contributed by atoms with Gasteiger partial charge in [0.15, 0.2) is 0 Å². The van der Waals surface area contributed by atoms with Crippen LogP contribution in [0, 0.1) is 11.3 Å². The fourth-order valence-electron chi connectivity index (χ4n) is 2.40. The van der Waals surface area contributed by atoms with Gasteiger partial charge >= 0.3 is 0 Å². The first-order chi connectivity index (χ1) is 11.5. The number of hydrogen-bond acceptors (Lipinski definition) is 5. The maximum Gasteiger partial charge on any atom is 0.119 e. The zero-order valence-electron chi connectivity index (χ0n) is 13.9. The van der Waals surface area contributed by atoms with Gasteiger partial charge in [0.1, 0.15) is 24.2 Å². The van der Waals surface area contributed by atoms with Crippen molar-refractivity contribution in [2.45, 2.75) is 19.1 Å². The number of ether oxygens (including phenoxy) is 1. The smallest absolute Gasteiger partial charge is 0.119 e. The summed E-state index contributed by atoms with van der Waals surface area (Å²) >= 11 is 0. The Bertz CT molecular complexity index is 695. The molecule has 2 N–H and O–H groups in total. The van der Waals surface area contributed by atoms with Crippen molar-refractivity contribution in [3.63, 3.8) is 0 Å². The minimum absolute atomic E-state index is 0.0571. The first-order valence-electron chi connectivity index (χ1n) is 7.80. The average Bonchev–Trinajstić information content (AvgIpc) is 2.59. The number of phenols is 1. The molecule has 0 aromatic heterocycles. The standard InChI is InChI=1S/C19H22N2O3/c1-14(16-4-3-5-17(22)10-16)21(2)12-18(23)13-24-19-8-6-15(11-20)7-9-19/h3-10,14,18,22-23H,12-13H2,1-2H3. The van der Waals surface area contributed by atoms with E-state index in [9.17, 15) is 10.2 Å². The Morgan fingerprint density at radius 1 is 1.21 bits per heavy atom. The van der Waals surface area contributed by atoms with Crippen molar-refractivity contribution in [3.05, 3.63) is 59.7 Å². The van der Waals surface area contributed by atoms with E-state index in [4.69, 9.17) is 10.00 Å². The number of aliphatic hydroxyl groups excluding tert-OH is 1. The molecule has 0 spiro atoms. The summed E-state index contributed by atoms with van der Waals surface area (Å²) in [5.41, 5.74) is 1.56. The summed E-state index contributed by atoms with van der Waals surface area (Å²) in [6.45, 7) is 2.62. The highest BCUT2D eigenvalue weighted by Crippen LogP contribution is 2.22. The Labute approximate surface area is 142 Å². The predicted molar refractivity (Wildman–Crippen MR) is 91.8 cm³/mol. The van der Waals surface area contributed by atoms with Gasteiger partial charge in [0.05, 0.1) is 11.6 Å². The number of hydrogen-bond donors (Lipinski definition) is 2. The molecule has 0 heterocycles. The Morgan fingerprint density at radius 2 is 1.92 bits per heavy atom. The molecule has 0 saturated heterocycles. The molecule has 0 saturated carbocycles. The van der Waals surface area contributed by atoms with E-state index in [1.807, 2.05) is 31.0 Å². The topological polar surface area (TPSA) is 76.7 Å². The van der Waals surface area contributed by atoms with Gasteiger partial charge in [-0.2, -0.15) is 5.26 Å². The van der Waals surface area contributed by atoms with Crippen LogP contribution >= 0.6 is 0 Å². The molecule has 0 amide bonds. The third-order valence-corrected chi connectivity index (χ3v) is 3.94. The van der Waals surface area contributed by atoms with Crippen LogP contribution in [0.25, 0.3) is 0 Å². The van der Waals surface area contributed by atoms with Crippen LogP contribution in [0.1, 0.15) is 24.1 Å². The molecule has 0 fully saturated rings. The molecule has 2 aromatic rings. The number of benzene rings is 2. The van der Waals surface area contributed by atoms with Crippen molar-refractivity contribution in [1.29, 1.82) is 5.26 Å². The lowest BCUT2D eigenvalue weighted by atomic mass is 10.1. The second-order valence-corrected chi connectivity index (χ2v) is 5.81. The Kier molecular flexibility index (Phi) is 6.19. The molecule has 2 rings (SSSR count). The molecule has 5 nitrogen and oxygen atoms in total. The van der Waals surface area contributed by atoms with E-state index in [1.54, 1.807) is 42.5 Å². The molecule has 2 unspecified atom stereocenters. The molecule has 0 radical (unpaired) electrons. The Morgan fingerprint density at radius 3 is 2.54 bits per heavy atom. The van der Waals surface area contributed by atoms with Crippen molar-refractivity contribution in [2.75, 3.05) is 20.2 Å². The normalized spacial score (nSPS) is 13.3. The minimum atomic E-state index is -0.648. The summed E-state index contributed by atoms with van der Waals surface area (Å²) in [5, 5.41) is 28.5. The molecule has 0 aliphatic heterocycles. The van der Waals surface area contributed by atoms with E-state index in [1.165, 1.54) is 0 Å². The molecule has 2 aromatic carbocycles. The lowest BCUT2D eigenvalue weighted by Crippen LogP contribution is -2.34. The second-order valence-electron chi connectivity index (χ2n) is 5.81. The van der Waals surface area contributed by atoms with Gasteiger partial charge in [-0.1, -0.05) is 12.1 Å². The fourth-order valence-corrected chi connectivity index (χ4v) is 2.40. The minimum Gasteiger partial charge on any atom is -0.508 e. The molecule has 24 heavy (non-hydrogen) atoms. The zero-order valence-corrected chi connectivity index (χ0v) is 13.9. The van der Waals surface area contributed by atoms with Gasteiger partial charge in [-0.05, 0) is 55.9 Å². The van der Waals surface area contributed by atoms with Crippen LogP contribution in [-0.2, 0) is 0 Å². The highest BCUT2D eigenvalue weighted by atomic mass is 16.5. The van der Waals surface area contributed by atoms with Crippen molar-refractivity contribution >= 4 is 0 Å². The third-order valence-electron chi connectivity index (χ3n) is 3.94. The van der Waals surface area contributed by atoms with Crippen molar-refractivity contribution in [1.82, 2.24) is 4.90 Å². The number of aliphatic hydroxyl groups is 1. The molecule has 0 aliphatic rings. The summed E-state index contributed by atoms with van der Waals surface area (Å²) in [7, 11) is 1.92. The lowest BCUT2D eigenvalue weighted by Gasteiger charge is -2.27. The van der Waals surface area contributed by atoms with Crippen LogP contribution in [0.3, 0.4) is 0 Å². The van der Waals surface area contributed by atoms with Crippen molar-refractivity contribution in [3.8, 4) is 17.6 Å². The summed E-state index contributed by atoms with van der Waals surface area (Å²) in [6, 6.07) is 16.0. The van der Waals surface area contributed by atoms with Gasteiger partial charge in [0.2, 0.25) is 0 Å². The van der Waals surface area contributed by atoms with Gasteiger partial charge in [0.25, 0.3) is 0 Å². The van der Waals surface area contributed by atoms with E-state index in [-0.39, 0.29) is 18.4 Å². The molecular formula is C19H22N2O3. The van der Waals surface area contributed by atoms with E-state index in [0.29, 0.717) is 17.9 Å². The van der Waals surface area contributed by atoms with Crippen LogP contribution in [0.4, 0.5) is 0 Å². The summed E-state index contributed by atoms with van der Waals surface area (Å²) in [5.74, 6) is 0.856. The SMILES string of the molecule is CC(c1cccc(O)c1)N(C)CC(O)COc1ccc(C#N)cc1. The summed E-state index contributed by atoms with van der Waals surface area (Å²) in [4.78, 5) is 2.00. The van der Waals surface area contributed by atoms with E-state index < -0.39 is 6.10 Å². The quantitative estimate of drug-likeness (QED) is 0.818. The van der Waals surface area contributed by atoms with E-state index in [2.05, 4.69) is 0 Å². The van der Waals surface area contributed by atoms with Crippen LogP contribution in [0.2, 0.25) is 0 Å². The largest absolute Gasteiger partial charge is 0.508 e. The fraction of sp³-hybridized carbons (Fsp3) is 0.316. The van der Waals surface area contributed by atoms with Crippen LogP contribution in [-0.4, -0.2) is 41.4 Å². The second kappa shape index (κ2) is 8.34. The van der Waals surface area contributed by atoms with E-state index in [0.717, 1.165) is 5.56 Å². The number of likely N-dealkylation sites (N-methyl/N-ethyl adjacent to an activating group) is 1. The number of phenolic OH excluding ortho intramolecular Hbond substituents is 1. The highest BCUT2D eigenvalue weighted by molar-refractivity contribution is 5.34. The van der Waals surface area contributed by atoms with Crippen LogP contribution in [0.5, 0.6) is 11.5 Å². The Hall–Kier alpha value is -2.55. The number of aromatic hydroxyl groups is 1. The lowest BCUT2D eigenvalue weighted by molar-refractivity contribution is 0.0653. The molecule has 0 bridgehead atoms. The van der Waals surface area contributed by atoms with Gasteiger partial charge in [-0.25, -0.2) is 0 Å². The molecule has 5 heteroatoms. The third kappa shape index (κ3) is 4.98. The highest BCUT2D eigenvalue weighted by Gasteiger charge is 2.16. The van der Waals surface area contributed by atoms with E-state index >= 15 is 0 Å². The molecule has 126 valence electrons. The maximum absolute atomic E-state index is 10.2. The number of nitriles is 1. The van der Waals surface area contributed by atoms with Gasteiger partial charge in [-0.15, -0.1) is 0 Å². The van der Waals surface area contributed by atoms with Gasteiger partial charge < -0.3 is 14.9 Å². The Balaban J connectivity index is 1.84. The first kappa shape index (κ1) is 17.8. The molecular weight excluding hydrogens is 304 g/mol. The van der Waals surface area contributed by atoms with Gasteiger partial charge in [-0.3, -0.25) is 4.90 Å². The predicted octanol–water partition coefficient (Wildman–Crippen LogP) is 2.70. The number of rotatable bonds is 7. The molecule has 0 aliphatic carbocycles. The summed E-state index contributed by atoms with van der Waals surface area (Å²) < 4.78 is 5.55. The monoisotopic (exact) mass is 326 g/mol.